The molecule has 1 aromatic rings. The van der Waals surface area contributed by atoms with Crippen molar-refractivity contribution in [1.82, 2.24) is 10.0 Å². The van der Waals surface area contributed by atoms with Crippen LogP contribution in [-0.4, -0.2) is 27.5 Å². The van der Waals surface area contributed by atoms with Gasteiger partial charge in [-0.15, -0.1) is 0 Å². The molecule has 1 aliphatic heterocycles. The van der Waals surface area contributed by atoms with Crippen LogP contribution in [0.5, 0.6) is 0 Å². The number of nitrogens with one attached hydrogen (secondary N) is 2. The number of piperidine rings is 1. The SMILES string of the molecule is Cc1ccc(S(=O)(=O)N[C@H]2CCCNC2)c(Br)c1. The maximum Gasteiger partial charge on any atom is 0.241 e. The van der Waals surface area contributed by atoms with Gasteiger partial charge in [0.2, 0.25) is 10.0 Å². The van der Waals surface area contributed by atoms with Crippen LogP contribution in [0.3, 0.4) is 0 Å². The summed E-state index contributed by atoms with van der Waals surface area (Å²) in [6.07, 6.45) is 1.89. The molecule has 1 aromatic carbocycles. The second-order valence-corrected chi connectivity index (χ2v) is 7.14. The molecule has 0 bridgehead atoms. The van der Waals surface area contributed by atoms with E-state index in [9.17, 15) is 8.42 Å². The van der Waals surface area contributed by atoms with Crippen molar-refractivity contribution in [3.05, 3.63) is 28.2 Å². The number of benzene rings is 1. The van der Waals surface area contributed by atoms with Crippen molar-refractivity contribution >= 4 is 26.0 Å². The largest absolute Gasteiger partial charge is 0.315 e. The van der Waals surface area contributed by atoms with E-state index in [2.05, 4.69) is 26.0 Å². The highest BCUT2D eigenvalue weighted by Gasteiger charge is 2.23. The number of hydrogen-bond acceptors (Lipinski definition) is 3. The molecule has 1 heterocycles. The van der Waals surface area contributed by atoms with E-state index < -0.39 is 10.0 Å². The minimum absolute atomic E-state index is 0.0167. The number of halogens is 1. The Morgan fingerprint density at radius 1 is 1.44 bits per heavy atom. The fourth-order valence-corrected chi connectivity index (χ4v) is 4.52. The molecular formula is C12H17BrN2O2S. The lowest BCUT2D eigenvalue weighted by Crippen LogP contribution is -2.45. The van der Waals surface area contributed by atoms with Gasteiger partial charge in [-0.2, -0.15) is 0 Å². The van der Waals surface area contributed by atoms with Crippen molar-refractivity contribution in [1.29, 1.82) is 0 Å². The third-order valence-corrected chi connectivity index (χ3v) is 5.49. The second kappa shape index (κ2) is 5.69. The average molecular weight is 333 g/mol. The molecule has 0 saturated carbocycles. The first-order chi connectivity index (χ1) is 8.49. The molecule has 1 saturated heterocycles. The van der Waals surface area contributed by atoms with Crippen molar-refractivity contribution in [2.75, 3.05) is 13.1 Å². The van der Waals surface area contributed by atoms with E-state index in [1.807, 2.05) is 13.0 Å². The van der Waals surface area contributed by atoms with Gasteiger partial charge in [-0.1, -0.05) is 6.07 Å². The molecule has 6 heteroatoms. The Labute approximate surface area is 116 Å². The molecule has 18 heavy (non-hydrogen) atoms. The summed E-state index contributed by atoms with van der Waals surface area (Å²) in [4.78, 5) is 0.304. The summed E-state index contributed by atoms with van der Waals surface area (Å²) in [6.45, 7) is 3.59. The first-order valence-corrected chi connectivity index (χ1v) is 8.26. The highest BCUT2D eigenvalue weighted by molar-refractivity contribution is 9.10. The van der Waals surface area contributed by atoms with E-state index in [0.717, 1.165) is 24.9 Å². The van der Waals surface area contributed by atoms with Crippen LogP contribution in [-0.2, 0) is 10.0 Å². The molecule has 1 fully saturated rings. The Balaban J connectivity index is 2.19. The van der Waals surface area contributed by atoms with E-state index in [-0.39, 0.29) is 6.04 Å². The zero-order chi connectivity index (χ0) is 13.2. The average Bonchev–Trinajstić information content (AvgIpc) is 2.29. The lowest BCUT2D eigenvalue weighted by Gasteiger charge is -2.23. The van der Waals surface area contributed by atoms with Gasteiger partial charge in [0.05, 0.1) is 4.90 Å². The summed E-state index contributed by atoms with van der Waals surface area (Å²) < 4.78 is 27.9. The van der Waals surface area contributed by atoms with Gasteiger partial charge in [0.25, 0.3) is 0 Å². The fraction of sp³-hybridized carbons (Fsp3) is 0.500. The standard InChI is InChI=1S/C12H17BrN2O2S/c1-9-4-5-12(11(13)7-9)18(16,17)15-10-3-2-6-14-8-10/h4-5,7,10,14-15H,2-3,6,8H2,1H3/t10-/m0/s1. The molecule has 0 amide bonds. The number of aryl methyl sites for hydroxylation is 1. The molecule has 0 spiro atoms. The molecule has 0 unspecified atom stereocenters. The van der Waals surface area contributed by atoms with Gasteiger partial charge >= 0.3 is 0 Å². The minimum Gasteiger partial charge on any atom is -0.315 e. The van der Waals surface area contributed by atoms with Crippen LogP contribution < -0.4 is 10.0 Å². The molecule has 0 radical (unpaired) electrons. The van der Waals surface area contributed by atoms with Crippen LogP contribution in [0.4, 0.5) is 0 Å². The summed E-state index contributed by atoms with van der Waals surface area (Å²) in [5.74, 6) is 0. The molecule has 2 N–H and O–H groups in total. The quantitative estimate of drug-likeness (QED) is 0.887. The Morgan fingerprint density at radius 3 is 2.83 bits per heavy atom. The first kappa shape index (κ1) is 14.0. The number of rotatable bonds is 3. The summed E-state index contributed by atoms with van der Waals surface area (Å²) in [6, 6.07) is 5.24. The van der Waals surface area contributed by atoms with Crippen molar-refractivity contribution in [3.63, 3.8) is 0 Å². The van der Waals surface area contributed by atoms with Crippen molar-refractivity contribution < 1.29 is 8.42 Å². The van der Waals surface area contributed by atoms with E-state index in [4.69, 9.17) is 0 Å². The topological polar surface area (TPSA) is 58.2 Å². The van der Waals surface area contributed by atoms with Gasteiger partial charge in [0, 0.05) is 17.1 Å². The molecule has 1 aliphatic rings. The Hall–Kier alpha value is -0.430. The van der Waals surface area contributed by atoms with Gasteiger partial charge in [0.15, 0.2) is 0 Å². The number of hydrogen-bond donors (Lipinski definition) is 2. The summed E-state index contributed by atoms with van der Waals surface area (Å²) in [5.41, 5.74) is 1.03. The normalized spacial score (nSPS) is 20.9. The second-order valence-electron chi connectivity index (χ2n) is 4.60. The monoisotopic (exact) mass is 332 g/mol. The first-order valence-electron chi connectivity index (χ1n) is 5.98. The predicted molar refractivity (Wildman–Crippen MR) is 75.1 cm³/mol. The summed E-state index contributed by atoms with van der Waals surface area (Å²) in [5, 5.41) is 3.19. The van der Waals surface area contributed by atoms with Gasteiger partial charge in [-0.05, 0) is 59.9 Å². The van der Waals surface area contributed by atoms with Gasteiger partial charge in [-0.25, -0.2) is 13.1 Å². The van der Waals surface area contributed by atoms with E-state index in [1.54, 1.807) is 12.1 Å². The van der Waals surface area contributed by atoms with Crippen LogP contribution in [0.1, 0.15) is 18.4 Å². The molecule has 4 nitrogen and oxygen atoms in total. The Morgan fingerprint density at radius 2 is 2.22 bits per heavy atom. The van der Waals surface area contributed by atoms with E-state index in [0.29, 0.717) is 15.9 Å². The fourth-order valence-electron chi connectivity index (χ4n) is 2.06. The van der Waals surface area contributed by atoms with E-state index in [1.165, 1.54) is 0 Å². The summed E-state index contributed by atoms with van der Waals surface area (Å²) in [7, 11) is -3.44. The lowest BCUT2D eigenvalue weighted by atomic mass is 10.1. The van der Waals surface area contributed by atoms with Gasteiger partial charge in [0.1, 0.15) is 0 Å². The third kappa shape index (κ3) is 3.32. The lowest BCUT2D eigenvalue weighted by molar-refractivity contribution is 0.428. The van der Waals surface area contributed by atoms with Crippen LogP contribution >= 0.6 is 15.9 Å². The predicted octanol–water partition coefficient (Wildman–Crippen LogP) is 1.79. The van der Waals surface area contributed by atoms with Gasteiger partial charge < -0.3 is 5.32 Å². The van der Waals surface area contributed by atoms with Gasteiger partial charge in [-0.3, -0.25) is 0 Å². The molecule has 1 atom stereocenters. The van der Waals surface area contributed by atoms with Crippen molar-refractivity contribution in [3.8, 4) is 0 Å². The van der Waals surface area contributed by atoms with Crippen molar-refractivity contribution in [2.24, 2.45) is 0 Å². The molecule has 0 aromatic heterocycles. The molecule has 2 rings (SSSR count). The molecule has 0 aliphatic carbocycles. The van der Waals surface area contributed by atoms with Crippen LogP contribution in [0.15, 0.2) is 27.6 Å². The molecular weight excluding hydrogens is 316 g/mol. The highest BCUT2D eigenvalue weighted by Crippen LogP contribution is 2.23. The zero-order valence-electron chi connectivity index (χ0n) is 10.2. The summed E-state index contributed by atoms with van der Waals surface area (Å²) >= 11 is 3.31. The van der Waals surface area contributed by atoms with Crippen LogP contribution in [0, 0.1) is 6.92 Å². The minimum atomic E-state index is -3.44. The van der Waals surface area contributed by atoms with Crippen LogP contribution in [0.25, 0.3) is 0 Å². The van der Waals surface area contributed by atoms with Crippen molar-refractivity contribution in [2.45, 2.75) is 30.7 Å². The Kier molecular flexibility index (Phi) is 4.42. The smallest absolute Gasteiger partial charge is 0.241 e. The highest BCUT2D eigenvalue weighted by atomic mass is 79.9. The van der Waals surface area contributed by atoms with E-state index >= 15 is 0 Å². The van der Waals surface area contributed by atoms with Crippen LogP contribution in [0.2, 0.25) is 0 Å². The third-order valence-electron chi connectivity index (χ3n) is 3.00. The maximum atomic E-state index is 12.3. The maximum absolute atomic E-state index is 12.3. The zero-order valence-corrected chi connectivity index (χ0v) is 12.6. The number of sulfonamides is 1. The molecule has 100 valence electrons. The Bertz CT molecular complexity index is 525.